The molecular formula is C20H24F3NO2S2. The Kier molecular flexibility index (Phi) is 6.89. The second-order valence-electron chi connectivity index (χ2n) is 6.91. The van der Waals surface area contributed by atoms with E-state index in [9.17, 15) is 21.6 Å². The monoisotopic (exact) mass is 431 g/mol. The van der Waals surface area contributed by atoms with Crippen LogP contribution in [0.15, 0.2) is 41.3 Å². The molecule has 154 valence electrons. The molecule has 28 heavy (non-hydrogen) atoms. The van der Waals surface area contributed by atoms with Crippen LogP contribution in [-0.4, -0.2) is 20.6 Å². The molecule has 2 atom stereocenters. The zero-order chi connectivity index (χ0) is 21.3. The van der Waals surface area contributed by atoms with E-state index in [0.717, 1.165) is 17.5 Å². The van der Waals surface area contributed by atoms with Crippen LogP contribution in [0.25, 0.3) is 0 Å². The maximum Gasteiger partial charge on any atom is 0.406 e. The van der Waals surface area contributed by atoms with Crippen LogP contribution in [0.3, 0.4) is 0 Å². The predicted molar refractivity (Wildman–Crippen MR) is 108 cm³/mol. The van der Waals surface area contributed by atoms with Gasteiger partial charge in [0.15, 0.2) is 0 Å². The highest BCUT2D eigenvalue weighted by Gasteiger charge is 2.47. The number of thiol groups is 1. The second-order valence-corrected chi connectivity index (χ2v) is 9.12. The minimum atomic E-state index is -4.81. The maximum absolute atomic E-state index is 13.7. The van der Waals surface area contributed by atoms with Gasteiger partial charge in [0.25, 0.3) is 0 Å². The highest BCUT2D eigenvalue weighted by molar-refractivity contribution is 7.89. The maximum atomic E-state index is 13.7. The lowest BCUT2D eigenvalue weighted by Gasteiger charge is -2.27. The number of hydrogen-bond donors (Lipinski definition) is 2. The lowest BCUT2D eigenvalue weighted by Crippen LogP contribution is -2.48. The molecule has 0 aromatic heterocycles. The third-order valence-electron chi connectivity index (χ3n) is 4.55. The molecule has 0 fully saturated rings. The Hall–Kier alpha value is -1.51. The second kappa shape index (κ2) is 8.47. The van der Waals surface area contributed by atoms with E-state index in [1.54, 1.807) is 57.2 Å². The van der Waals surface area contributed by atoms with E-state index in [4.69, 9.17) is 0 Å². The molecule has 0 spiro atoms. The summed E-state index contributed by atoms with van der Waals surface area (Å²) in [5, 5.41) is -1.38. The first-order chi connectivity index (χ1) is 12.9. The van der Waals surface area contributed by atoms with E-state index < -0.39 is 27.5 Å². The fraction of sp³-hybridized carbons (Fsp3) is 0.400. The lowest BCUT2D eigenvalue weighted by atomic mass is 10.0. The smallest absolute Gasteiger partial charge is 0.207 e. The minimum Gasteiger partial charge on any atom is -0.207 e. The topological polar surface area (TPSA) is 46.2 Å². The van der Waals surface area contributed by atoms with Gasteiger partial charge in [-0.2, -0.15) is 30.5 Å². The summed E-state index contributed by atoms with van der Waals surface area (Å²) in [6, 6.07) is 7.42. The normalized spacial score (nSPS) is 14.7. The molecule has 0 amide bonds. The van der Waals surface area contributed by atoms with Crippen molar-refractivity contribution < 1.29 is 21.6 Å². The van der Waals surface area contributed by atoms with Gasteiger partial charge in [0.1, 0.15) is 6.04 Å². The quantitative estimate of drug-likeness (QED) is 0.629. The van der Waals surface area contributed by atoms with Crippen molar-refractivity contribution in [3.8, 4) is 0 Å². The van der Waals surface area contributed by atoms with Gasteiger partial charge in [0, 0.05) is 0 Å². The minimum absolute atomic E-state index is 0.130. The van der Waals surface area contributed by atoms with Crippen molar-refractivity contribution in [1.29, 1.82) is 0 Å². The fourth-order valence-electron chi connectivity index (χ4n) is 3.27. The van der Waals surface area contributed by atoms with E-state index in [-0.39, 0.29) is 4.90 Å². The average molecular weight is 432 g/mol. The van der Waals surface area contributed by atoms with Crippen LogP contribution < -0.4 is 4.72 Å². The van der Waals surface area contributed by atoms with Gasteiger partial charge in [-0.15, -0.1) is 0 Å². The van der Waals surface area contributed by atoms with Crippen LogP contribution in [0, 0.1) is 20.8 Å². The summed E-state index contributed by atoms with van der Waals surface area (Å²) in [6.45, 7) is 6.87. The molecule has 1 N–H and O–H groups in total. The molecule has 8 heteroatoms. The molecule has 0 saturated heterocycles. The molecule has 0 aliphatic rings. The summed E-state index contributed by atoms with van der Waals surface area (Å²) in [4.78, 5) is -0.130. The molecule has 0 heterocycles. The largest absolute Gasteiger partial charge is 0.406 e. The summed E-state index contributed by atoms with van der Waals surface area (Å²) >= 11 is 4.12. The first-order valence-corrected chi connectivity index (χ1v) is 10.8. The number of hydrogen-bond acceptors (Lipinski definition) is 3. The van der Waals surface area contributed by atoms with Gasteiger partial charge in [-0.3, -0.25) is 0 Å². The Bertz CT molecular complexity index is 916. The number of alkyl halides is 3. The highest BCUT2D eigenvalue weighted by atomic mass is 32.2. The first-order valence-electron chi connectivity index (χ1n) is 8.80. The Morgan fingerprint density at radius 1 is 1.04 bits per heavy atom. The Morgan fingerprint density at radius 3 is 1.96 bits per heavy atom. The van der Waals surface area contributed by atoms with Crippen molar-refractivity contribution in [3.63, 3.8) is 0 Å². The molecule has 2 aromatic carbocycles. The molecule has 0 aliphatic carbocycles. The summed E-state index contributed by atoms with van der Waals surface area (Å²) in [7, 11) is -4.41. The summed E-state index contributed by atoms with van der Waals surface area (Å²) in [6.07, 6.45) is -4.06. The molecule has 2 rings (SSSR count). The van der Waals surface area contributed by atoms with Gasteiger partial charge in [0.05, 0.1) is 10.1 Å². The molecular weight excluding hydrogens is 407 g/mol. The van der Waals surface area contributed by atoms with Crippen LogP contribution in [0.5, 0.6) is 0 Å². The summed E-state index contributed by atoms with van der Waals surface area (Å²) < 4.78 is 68.7. The standard InChI is InChI=1S/C20H24F3NO2S2/c1-5-15-6-8-16(9-7-15)17(27)19(20(21,22)23)24-28(25,26)18-13(3)10-12(2)11-14(18)4/h6-11,17,19,24,27H,5H2,1-4H3. The van der Waals surface area contributed by atoms with Gasteiger partial charge in [0.2, 0.25) is 10.0 Å². The zero-order valence-electron chi connectivity index (χ0n) is 16.1. The van der Waals surface area contributed by atoms with Crippen molar-refractivity contribution in [2.75, 3.05) is 0 Å². The number of nitrogens with one attached hydrogen (secondary N) is 1. The molecule has 3 nitrogen and oxygen atoms in total. The summed E-state index contributed by atoms with van der Waals surface area (Å²) in [5.74, 6) is 0. The lowest BCUT2D eigenvalue weighted by molar-refractivity contribution is -0.151. The third-order valence-corrected chi connectivity index (χ3v) is 6.90. The average Bonchev–Trinajstić information content (AvgIpc) is 2.57. The van der Waals surface area contributed by atoms with Gasteiger partial charge < -0.3 is 0 Å². The predicted octanol–water partition coefficient (Wildman–Crippen LogP) is 5.05. The molecule has 2 aromatic rings. The Morgan fingerprint density at radius 2 is 1.54 bits per heavy atom. The Balaban J connectivity index is 2.44. The van der Waals surface area contributed by atoms with Gasteiger partial charge in [-0.25, -0.2) is 8.42 Å². The van der Waals surface area contributed by atoms with Gasteiger partial charge in [-0.05, 0) is 49.4 Å². The number of halogens is 3. The van der Waals surface area contributed by atoms with Gasteiger partial charge in [-0.1, -0.05) is 48.9 Å². The van der Waals surface area contributed by atoms with Crippen LogP contribution in [0.1, 0.15) is 40.0 Å². The van der Waals surface area contributed by atoms with E-state index in [2.05, 4.69) is 12.6 Å². The zero-order valence-corrected chi connectivity index (χ0v) is 17.8. The molecule has 2 unspecified atom stereocenters. The van der Waals surface area contributed by atoms with Crippen LogP contribution in [0.4, 0.5) is 13.2 Å². The van der Waals surface area contributed by atoms with Crippen LogP contribution in [-0.2, 0) is 16.4 Å². The number of rotatable bonds is 6. The first kappa shape index (κ1) is 22.8. The highest BCUT2D eigenvalue weighted by Crippen LogP contribution is 2.36. The van der Waals surface area contributed by atoms with Gasteiger partial charge >= 0.3 is 6.18 Å². The van der Waals surface area contributed by atoms with Crippen molar-refractivity contribution in [1.82, 2.24) is 4.72 Å². The number of aryl methyl sites for hydroxylation is 4. The fourth-order valence-corrected chi connectivity index (χ4v) is 5.47. The van der Waals surface area contributed by atoms with Crippen molar-refractivity contribution in [2.45, 2.75) is 56.5 Å². The molecule has 0 radical (unpaired) electrons. The van der Waals surface area contributed by atoms with E-state index in [0.29, 0.717) is 16.7 Å². The third kappa shape index (κ3) is 5.10. The summed E-state index contributed by atoms with van der Waals surface area (Å²) in [5.41, 5.74) is 2.90. The van der Waals surface area contributed by atoms with Crippen LogP contribution in [0.2, 0.25) is 0 Å². The molecule has 0 aliphatic heterocycles. The van der Waals surface area contributed by atoms with Crippen LogP contribution >= 0.6 is 12.6 Å². The van der Waals surface area contributed by atoms with Crippen molar-refractivity contribution >= 4 is 22.7 Å². The SMILES string of the molecule is CCc1ccc(C(S)C(NS(=O)(=O)c2c(C)cc(C)cc2C)C(F)(F)F)cc1. The van der Waals surface area contributed by atoms with Crippen molar-refractivity contribution in [2.24, 2.45) is 0 Å². The van der Waals surface area contributed by atoms with E-state index in [1.807, 2.05) is 11.6 Å². The Labute approximate surface area is 169 Å². The number of sulfonamides is 1. The number of benzene rings is 2. The van der Waals surface area contributed by atoms with Crippen molar-refractivity contribution in [3.05, 3.63) is 64.2 Å². The molecule has 0 bridgehead atoms. The van der Waals surface area contributed by atoms with E-state index >= 15 is 0 Å². The molecule has 0 saturated carbocycles. The van der Waals surface area contributed by atoms with E-state index in [1.165, 1.54) is 0 Å².